The molecular weight excluding hydrogens is 841 g/mol. The highest BCUT2D eigenvalue weighted by atomic mass is 15.2. The summed E-state index contributed by atoms with van der Waals surface area (Å²) in [4.78, 5) is 16.2. The Bertz CT molecular complexity index is 4230. The Hall–Kier alpha value is -9.39. The zero-order chi connectivity index (χ0) is 45.4. The van der Waals surface area contributed by atoms with E-state index in [0.29, 0.717) is 17.6 Å². The molecule has 6 nitrogen and oxygen atoms in total. The van der Waals surface area contributed by atoms with Crippen molar-refractivity contribution in [2.24, 2.45) is 0 Å². The summed E-state index contributed by atoms with van der Waals surface area (Å²) < 4.78 is 7.18. The van der Waals surface area contributed by atoms with Crippen LogP contribution in [0.5, 0.6) is 0 Å². The average molecular weight is 881 g/mol. The molecule has 0 saturated carbocycles. The second kappa shape index (κ2) is 15.6. The summed E-state index contributed by atoms with van der Waals surface area (Å²) >= 11 is 0. The van der Waals surface area contributed by atoms with Crippen LogP contribution in [-0.2, 0) is 0 Å². The van der Waals surface area contributed by atoms with E-state index in [9.17, 15) is 0 Å². The number of para-hydroxylation sites is 5. The third kappa shape index (κ3) is 6.16. The van der Waals surface area contributed by atoms with Crippen LogP contribution < -0.4 is 0 Å². The topological polar surface area (TPSA) is 53.5 Å². The molecule has 0 saturated heterocycles. The van der Waals surface area contributed by atoms with Gasteiger partial charge in [-0.3, -0.25) is 4.57 Å². The molecule has 322 valence electrons. The molecule has 0 radical (unpaired) electrons. The zero-order valence-corrected chi connectivity index (χ0v) is 37.3. The van der Waals surface area contributed by atoms with Crippen LogP contribution in [0.1, 0.15) is 0 Å². The van der Waals surface area contributed by atoms with Crippen molar-refractivity contribution >= 4 is 65.4 Å². The molecule has 0 N–H and O–H groups in total. The van der Waals surface area contributed by atoms with Gasteiger partial charge < -0.3 is 9.13 Å². The number of aromatic nitrogens is 6. The normalized spacial score (nSPS) is 11.8. The predicted molar refractivity (Wildman–Crippen MR) is 285 cm³/mol. The maximum atomic E-state index is 5.51. The number of hydrogen-bond acceptors (Lipinski definition) is 3. The van der Waals surface area contributed by atoms with Gasteiger partial charge in [0.1, 0.15) is 0 Å². The molecule has 14 rings (SSSR count). The summed E-state index contributed by atoms with van der Waals surface area (Å²) in [6.45, 7) is 0. The van der Waals surface area contributed by atoms with Gasteiger partial charge in [0.25, 0.3) is 0 Å². The minimum absolute atomic E-state index is 0.537. The Morgan fingerprint density at radius 1 is 0.261 bits per heavy atom. The monoisotopic (exact) mass is 880 g/mol. The third-order valence-electron chi connectivity index (χ3n) is 13.7. The summed E-state index contributed by atoms with van der Waals surface area (Å²) in [6, 6.07) is 86.2. The fraction of sp³-hybridized carbons (Fsp3) is 0. The second-order valence-corrected chi connectivity index (χ2v) is 17.6. The first-order chi connectivity index (χ1) is 34.2. The maximum absolute atomic E-state index is 5.51. The van der Waals surface area contributed by atoms with E-state index in [4.69, 9.17) is 15.0 Å². The number of fused-ring (bicyclic) bond motifs is 10. The van der Waals surface area contributed by atoms with Gasteiger partial charge in [0.2, 0.25) is 5.95 Å². The van der Waals surface area contributed by atoms with E-state index in [1.54, 1.807) is 0 Å². The van der Waals surface area contributed by atoms with Crippen molar-refractivity contribution < 1.29 is 0 Å². The first kappa shape index (κ1) is 38.8. The number of nitrogens with zero attached hydrogens (tertiary/aromatic N) is 6. The molecule has 4 heterocycles. The lowest BCUT2D eigenvalue weighted by Crippen LogP contribution is -2.07. The van der Waals surface area contributed by atoms with Crippen LogP contribution in [0, 0.1) is 0 Å². The summed E-state index contributed by atoms with van der Waals surface area (Å²) in [5.41, 5.74) is 15.1. The lowest BCUT2D eigenvalue weighted by molar-refractivity contribution is 0.953. The molecule has 69 heavy (non-hydrogen) atoms. The molecule has 0 aliphatic carbocycles. The van der Waals surface area contributed by atoms with Crippen molar-refractivity contribution in [3.05, 3.63) is 243 Å². The van der Waals surface area contributed by atoms with Crippen LogP contribution in [0.4, 0.5) is 0 Å². The highest BCUT2D eigenvalue weighted by Gasteiger charge is 2.27. The highest BCUT2D eigenvalue weighted by molar-refractivity contribution is 6.27. The smallest absolute Gasteiger partial charge is 0.238 e. The van der Waals surface area contributed by atoms with E-state index >= 15 is 0 Å². The van der Waals surface area contributed by atoms with Gasteiger partial charge >= 0.3 is 0 Å². The average Bonchev–Trinajstić information content (AvgIpc) is 4.08. The predicted octanol–water partition coefficient (Wildman–Crippen LogP) is 15.8. The van der Waals surface area contributed by atoms with E-state index in [-0.39, 0.29) is 0 Å². The second-order valence-electron chi connectivity index (χ2n) is 17.6. The molecule has 6 heteroatoms. The van der Waals surface area contributed by atoms with Crippen LogP contribution in [0.25, 0.3) is 128 Å². The summed E-state index contributed by atoms with van der Waals surface area (Å²) in [5, 5.41) is 6.92. The van der Waals surface area contributed by atoms with E-state index in [2.05, 4.69) is 238 Å². The Labute approximate surface area is 397 Å². The summed E-state index contributed by atoms with van der Waals surface area (Å²) in [5.74, 6) is 1.72. The number of benzene rings is 10. The lowest BCUT2D eigenvalue weighted by atomic mass is 9.98. The van der Waals surface area contributed by atoms with Gasteiger partial charge in [-0.1, -0.05) is 194 Å². The van der Waals surface area contributed by atoms with Crippen LogP contribution in [0.2, 0.25) is 0 Å². The molecule has 10 aromatic carbocycles. The van der Waals surface area contributed by atoms with Crippen molar-refractivity contribution in [2.45, 2.75) is 0 Å². The highest BCUT2D eigenvalue weighted by Crippen LogP contribution is 2.46. The molecule has 0 atom stereocenters. The van der Waals surface area contributed by atoms with Gasteiger partial charge in [0.05, 0.1) is 38.8 Å². The van der Waals surface area contributed by atoms with Gasteiger partial charge in [-0.05, 0) is 70.8 Å². The van der Waals surface area contributed by atoms with E-state index < -0.39 is 0 Å². The van der Waals surface area contributed by atoms with Gasteiger partial charge in [-0.25, -0.2) is 4.98 Å². The molecule has 0 aliphatic heterocycles. The zero-order valence-electron chi connectivity index (χ0n) is 37.3. The van der Waals surface area contributed by atoms with E-state index in [0.717, 1.165) is 88.3 Å². The minimum Gasteiger partial charge on any atom is -0.309 e. The Kier molecular flexibility index (Phi) is 8.79. The maximum Gasteiger partial charge on any atom is 0.238 e. The molecule has 0 aliphatic rings. The Morgan fingerprint density at radius 3 is 1.28 bits per heavy atom. The van der Waals surface area contributed by atoms with Gasteiger partial charge in [0.15, 0.2) is 11.6 Å². The molecule has 14 aromatic rings. The van der Waals surface area contributed by atoms with Crippen LogP contribution in [-0.4, -0.2) is 28.7 Å². The molecule has 0 fully saturated rings. The van der Waals surface area contributed by atoms with E-state index in [1.165, 1.54) is 21.9 Å². The fourth-order valence-corrected chi connectivity index (χ4v) is 10.6. The quantitative estimate of drug-likeness (QED) is 0.160. The molecule has 0 spiro atoms. The minimum atomic E-state index is 0.537. The molecular formula is C63H40N6. The Morgan fingerprint density at radius 2 is 0.681 bits per heavy atom. The van der Waals surface area contributed by atoms with Crippen LogP contribution in [0.15, 0.2) is 243 Å². The Balaban J connectivity index is 1.09. The third-order valence-corrected chi connectivity index (χ3v) is 13.7. The first-order valence-corrected chi connectivity index (χ1v) is 23.4. The standard InChI is InChI=1S/C63H40N6/c1-4-19-41(20-5-1)45-23-18-24-46(39-45)42-35-37-44(38-36-42)62-64-61(43-21-6-2-7-22-43)65-63(66-62)69-56-34-17-13-30-51(56)58-57(68-54-32-15-10-27-48(54)49-28-11-16-33-55(49)68)40-52-50-29-12-14-31-53(50)67(59(52)60(58)69)47-25-8-3-9-26-47/h1-40H. The van der Waals surface area contributed by atoms with Crippen molar-refractivity contribution in [3.8, 4) is 62.4 Å². The van der Waals surface area contributed by atoms with Gasteiger partial charge in [0, 0.05) is 49.1 Å². The van der Waals surface area contributed by atoms with Crippen LogP contribution in [0.3, 0.4) is 0 Å². The molecule has 4 aromatic heterocycles. The van der Waals surface area contributed by atoms with Crippen molar-refractivity contribution in [3.63, 3.8) is 0 Å². The number of hydrogen-bond donors (Lipinski definition) is 0. The fourth-order valence-electron chi connectivity index (χ4n) is 10.6. The van der Waals surface area contributed by atoms with Crippen molar-refractivity contribution in [2.75, 3.05) is 0 Å². The van der Waals surface area contributed by atoms with Gasteiger partial charge in [-0.2, -0.15) is 9.97 Å². The van der Waals surface area contributed by atoms with Crippen molar-refractivity contribution in [1.29, 1.82) is 0 Å². The van der Waals surface area contributed by atoms with Gasteiger partial charge in [-0.15, -0.1) is 0 Å². The molecule has 0 amide bonds. The SMILES string of the molecule is c1ccc(-c2cccc(-c3ccc(-c4nc(-c5ccccc5)nc(-n5c6ccccc6c6c(-n7c8ccccc8c8ccccc87)cc7c8ccccc8n(-c8ccccc8)c7c65)n4)cc3)c2)cc1. The first-order valence-electron chi connectivity index (χ1n) is 23.4. The summed E-state index contributed by atoms with van der Waals surface area (Å²) in [7, 11) is 0. The molecule has 0 unspecified atom stereocenters. The largest absolute Gasteiger partial charge is 0.309 e. The van der Waals surface area contributed by atoms with Crippen molar-refractivity contribution in [1.82, 2.24) is 28.7 Å². The molecule has 0 bridgehead atoms. The van der Waals surface area contributed by atoms with Crippen LogP contribution >= 0.6 is 0 Å². The lowest BCUT2D eigenvalue weighted by Gasteiger charge is -2.15. The van der Waals surface area contributed by atoms with E-state index in [1.807, 2.05) is 18.2 Å². The number of rotatable bonds is 7. The summed E-state index contributed by atoms with van der Waals surface area (Å²) in [6.07, 6.45) is 0.